The van der Waals surface area contributed by atoms with E-state index in [0.717, 1.165) is 12.8 Å². The van der Waals surface area contributed by atoms with Gasteiger partial charge in [0.25, 0.3) is 0 Å². The monoisotopic (exact) mass is 293 g/mol. The summed E-state index contributed by atoms with van der Waals surface area (Å²) in [4.78, 5) is 32.7. The van der Waals surface area contributed by atoms with Crippen LogP contribution in [0.3, 0.4) is 0 Å². The van der Waals surface area contributed by atoms with E-state index in [2.05, 4.69) is 10.6 Å². The van der Waals surface area contributed by atoms with Crippen LogP contribution in [0, 0.1) is 16.0 Å². The van der Waals surface area contributed by atoms with Crippen molar-refractivity contribution < 1.29 is 19.6 Å². The predicted molar refractivity (Wildman–Crippen MR) is 74.3 cm³/mol. The molecule has 112 valence electrons. The molecular weight excluding hydrogens is 278 g/mol. The zero-order valence-electron chi connectivity index (χ0n) is 11.2. The number of carbonyl (C=O) groups is 2. The molecule has 1 aliphatic carbocycles. The number of nitrogens with zero attached hydrogens (tertiary/aromatic N) is 1. The first-order valence-corrected chi connectivity index (χ1v) is 6.53. The van der Waals surface area contributed by atoms with Crippen molar-refractivity contribution in [2.45, 2.75) is 12.8 Å². The number of rotatable bonds is 7. The summed E-state index contributed by atoms with van der Waals surface area (Å²) < 4.78 is 0. The van der Waals surface area contributed by atoms with Gasteiger partial charge in [-0.2, -0.15) is 0 Å². The van der Waals surface area contributed by atoms with Gasteiger partial charge in [-0.25, -0.2) is 4.79 Å². The SMILES string of the molecule is O=C(O)c1cccc(NCCNC(=O)C2CC2)c1[N+](=O)[O-]. The molecule has 0 bridgehead atoms. The molecule has 0 unspecified atom stereocenters. The number of anilines is 1. The van der Waals surface area contributed by atoms with E-state index in [0.29, 0.717) is 6.54 Å². The van der Waals surface area contributed by atoms with E-state index < -0.39 is 16.6 Å². The summed E-state index contributed by atoms with van der Waals surface area (Å²) in [7, 11) is 0. The zero-order valence-corrected chi connectivity index (χ0v) is 11.2. The molecular formula is C13H15N3O5. The Hall–Kier alpha value is -2.64. The van der Waals surface area contributed by atoms with Crippen LogP contribution in [-0.4, -0.2) is 35.0 Å². The summed E-state index contributed by atoms with van der Waals surface area (Å²) in [5.74, 6) is -1.26. The van der Waals surface area contributed by atoms with Gasteiger partial charge < -0.3 is 15.7 Å². The van der Waals surface area contributed by atoms with Crippen LogP contribution in [0.25, 0.3) is 0 Å². The van der Waals surface area contributed by atoms with Crippen molar-refractivity contribution in [2.75, 3.05) is 18.4 Å². The predicted octanol–water partition coefficient (Wildman–Crippen LogP) is 1.23. The van der Waals surface area contributed by atoms with Gasteiger partial charge in [0.05, 0.1) is 4.92 Å². The number of aromatic carboxylic acids is 1. The maximum Gasteiger partial charge on any atom is 0.342 e. The van der Waals surface area contributed by atoms with E-state index in [-0.39, 0.29) is 29.6 Å². The van der Waals surface area contributed by atoms with E-state index in [1.807, 2.05) is 0 Å². The third-order valence-electron chi connectivity index (χ3n) is 3.14. The lowest BCUT2D eigenvalue weighted by Crippen LogP contribution is -2.29. The number of hydrogen-bond acceptors (Lipinski definition) is 5. The van der Waals surface area contributed by atoms with Gasteiger partial charge in [0.2, 0.25) is 5.91 Å². The molecule has 1 aliphatic rings. The van der Waals surface area contributed by atoms with Crippen LogP contribution in [-0.2, 0) is 4.79 Å². The molecule has 3 N–H and O–H groups in total. The molecule has 0 aliphatic heterocycles. The standard InChI is InChI=1S/C13H15N3O5/c17-12(8-4-5-8)15-7-6-14-10-3-1-2-9(13(18)19)11(10)16(20)21/h1-3,8,14H,4-7H2,(H,15,17)(H,18,19). The van der Waals surface area contributed by atoms with Gasteiger partial charge in [-0.1, -0.05) is 6.07 Å². The molecule has 2 rings (SSSR count). The number of nitro groups is 1. The molecule has 21 heavy (non-hydrogen) atoms. The van der Waals surface area contributed by atoms with Crippen molar-refractivity contribution in [2.24, 2.45) is 5.92 Å². The molecule has 1 amide bonds. The van der Waals surface area contributed by atoms with Gasteiger partial charge in [0.15, 0.2) is 0 Å². The summed E-state index contributed by atoms with van der Waals surface area (Å²) in [6, 6.07) is 4.05. The van der Waals surface area contributed by atoms with E-state index in [1.165, 1.54) is 18.2 Å². The van der Waals surface area contributed by atoms with Gasteiger partial charge in [0.1, 0.15) is 11.3 Å². The highest BCUT2D eigenvalue weighted by Crippen LogP contribution is 2.29. The molecule has 0 heterocycles. The molecule has 0 saturated heterocycles. The van der Waals surface area contributed by atoms with Gasteiger partial charge in [-0.3, -0.25) is 14.9 Å². The van der Waals surface area contributed by atoms with E-state index >= 15 is 0 Å². The molecule has 1 fully saturated rings. The highest BCUT2D eigenvalue weighted by molar-refractivity contribution is 5.95. The smallest absolute Gasteiger partial charge is 0.342 e. The van der Waals surface area contributed by atoms with Gasteiger partial charge in [-0.05, 0) is 25.0 Å². The Morgan fingerprint density at radius 1 is 1.33 bits per heavy atom. The number of nitro benzene ring substituents is 1. The topological polar surface area (TPSA) is 122 Å². The Morgan fingerprint density at radius 3 is 2.62 bits per heavy atom. The summed E-state index contributed by atoms with van der Waals surface area (Å²) in [5, 5.41) is 25.5. The van der Waals surface area contributed by atoms with Crippen LogP contribution < -0.4 is 10.6 Å². The van der Waals surface area contributed by atoms with Crippen molar-refractivity contribution in [1.82, 2.24) is 5.32 Å². The molecule has 0 radical (unpaired) electrons. The van der Waals surface area contributed by atoms with Gasteiger partial charge in [-0.15, -0.1) is 0 Å². The summed E-state index contributed by atoms with van der Waals surface area (Å²) in [5.41, 5.74) is -0.717. The fraction of sp³-hybridized carbons (Fsp3) is 0.385. The lowest BCUT2D eigenvalue weighted by atomic mass is 10.1. The number of carboxylic acids is 1. The first-order chi connectivity index (χ1) is 10.0. The van der Waals surface area contributed by atoms with Crippen LogP contribution in [0.15, 0.2) is 18.2 Å². The van der Waals surface area contributed by atoms with Crippen molar-refractivity contribution in [3.8, 4) is 0 Å². The van der Waals surface area contributed by atoms with Crippen LogP contribution >= 0.6 is 0 Å². The quantitative estimate of drug-likeness (QED) is 0.395. The highest BCUT2D eigenvalue weighted by atomic mass is 16.6. The molecule has 0 atom stereocenters. The molecule has 1 aromatic rings. The molecule has 1 saturated carbocycles. The lowest BCUT2D eigenvalue weighted by Gasteiger charge is -2.09. The fourth-order valence-corrected chi connectivity index (χ4v) is 1.93. The summed E-state index contributed by atoms with van der Waals surface area (Å²) in [6.07, 6.45) is 1.82. The van der Waals surface area contributed by atoms with Crippen LogP contribution in [0.1, 0.15) is 23.2 Å². The minimum Gasteiger partial charge on any atom is -0.477 e. The Kier molecular flexibility index (Phi) is 4.36. The van der Waals surface area contributed by atoms with E-state index in [9.17, 15) is 19.7 Å². The number of carbonyl (C=O) groups excluding carboxylic acids is 1. The fourth-order valence-electron chi connectivity index (χ4n) is 1.93. The number of nitrogens with one attached hydrogen (secondary N) is 2. The maximum atomic E-state index is 11.4. The number of benzene rings is 1. The van der Waals surface area contributed by atoms with Crippen molar-refractivity contribution in [3.05, 3.63) is 33.9 Å². The molecule has 1 aromatic carbocycles. The van der Waals surface area contributed by atoms with Crippen LogP contribution in [0.5, 0.6) is 0 Å². The maximum absolute atomic E-state index is 11.4. The normalized spacial score (nSPS) is 13.5. The minimum atomic E-state index is -1.35. The first-order valence-electron chi connectivity index (χ1n) is 6.53. The summed E-state index contributed by atoms with van der Waals surface area (Å²) in [6.45, 7) is 0.603. The largest absolute Gasteiger partial charge is 0.477 e. The van der Waals surface area contributed by atoms with Crippen molar-refractivity contribution in [1.29, 1.82) is 0 Å². The molecule has 8 heteroatoms. The third-order valence-corrected chi connectivity index (χ3v) is 3.14. The second-order valence-electron chi connectivity index (χ2n) is 4.76. The van der Waals surface area contributed by atoms with Crippen LogP contribution in [0.4, 0.5) is 11.4 Å². The van der Waals surface area contributed by atoms with Crippen LogP contribution in [0.2, 0.25) is 0 Å². The van der Waals surface area contributed by atoms with E-state index in [1.54, 1.807) is 0 Å². The third kappa shape index (κ3) is 3.68. The highest BCUT2D eigenvalue weighted by Gasteiger charge is 2.29. The second kappa shape index (κ2) is 6.21. The minimum absolute atomic E-state index is 0.00872. The Balaban J connectivity index is 1.98. The van der Waals surface area contributed by atoms with Gasteiger partial charge >= 0.3 is 11.7 Å². The van der Waals surface area contributed by atoms with E-state index in [4.69, 9.17) is 5.11 Å². The summed E-state index contributed by atoms with van der Waals surface area (Å²) >= 11 is 0. The number of para-hydroxylation sites is 1. The average molecular weight is 293 g/mol. The average Bonchev–Trinajstić information content (AvgIpc) is 3.27. The number of hydrogen-bond donors (Lipinski definition) is 3. The molecule has 0 aromatic heterocycles. The Labute approximate surface area is 120 Å². The number of amides is 1. The van der Waals surface area contributed by atoms with Gasteiger partial charge in [0, 0.05) is 19.0 Å². The molecule has 0 spiro atoms. The van der Waals surface area contributed by atoms with Crippen molar-refractivity contribution in [3.63, 3.8) is 0 Å². The zero-order chi connectivity index (χ0) is 15.4. The first kappa shape index (κ1) is 14.8. The Bertz CT molecular complexity index is 583. The number of carboxylic acid groups (broad SMARTS) is 1. The Morgan fingerprint density at radius 2 is 2.05 bits per heavy atom. The second-order valence-corrected chi connectivity index (χ2v) is 4.76. The van der Waals surface area contributed by atoms with Crippen molar-refractivity contribution >= 4 is 23.3 Å². The lowest BCUT2D eigenvalue weighted by molar-refractivity contribution is -0.384. The molecule has 8 nitrogen and oxygen atoms in total.